The van der Waals surface area contributed by atoms with Gasteiger partial charge in [0, 0.05) is 84.0 Å². The van der Waals surface area contributed by atoms with Gasteiger partial charge in [-0.25, -0.2) is 0 Å². The van der Waals surface area contributed by atoms with Gasteiger partial charge in [0.15, 0.2) is 0 Å². The number of hydrogen-bond acceptors (Lipinski definition) is 8. The number of H-pyrrole nitrogens is 1. The van der Waals surface area contributed by atoms with Crippen LogP contribution in [0.2, 0.25) is 0 Å². The molecule has 0 saturated carbocycles. The van der Waals surface area contributed by atoms with Crippen molar-refractivity contribution in [3.05, 3.63) is 78.1 Å². The summed E-state index contributed by atoms with van der Waals surface area (Å²) in [7, 11) is 7.78. The van der Waals surface area contributed by atoms with Crippen molar-refractivity contribution in [1.29, 1.82) is 0 Å². The largest absolute Gasteiger partial charge is 0.361 e. The molecule has 1 aromatic heterocycles. The van der Waals surface area contributed by atoms with Crippen molar-refractivity contribution in [1.82, 2.24) is 45.0 Å². The molecule has 69 heavy (non-hydrogen) atoms. The normalized spacial score (nSPS) is 15.9. The van der Waals surface area contributed by atoms with Crippen LogP contribution in [0.3, 0.4) is 0 Å². The third kappa shape index (κ3) is 14.3. The Labute approximate surface area is 408 Å². The number of aromatic nitrogens is 1. The molecule has 376 valence electrons. The van der Waals surface area contributed by atoms with Crippen molar-refractivity contribution >= 4 is 64.2 Å². The number of fused-ring (bicyclic) bond motifs is 1. The van der Waals surface area contributed by atoms with Crippen LogP contribution in [0.5, 0.6) is 0 Å². The number of rotatable bonds is 22. The zero-order valence-corrected chi connectivity index (χ0v) is 42.7. The van der Waals surface area contributed by atoms with Gasteiger partial charge in [-0.2, -0.15) is 0 Å². The average Bonchev–Trinajstić information content (AvgIpc) is 3.98. The van der Waals surface area contributed by atoms with Crippen molar-refractivity contribution in [2.45, 2.75) is 111 Å². The fourth-order valence-electron chi connectivity index (χ4n) is 9.01. The number of likely N-dealkylation sites (tertiary alicyclic amines) is 1. The minimum absolute atomic E-state index is 0.0498. The summed E-state index contributed by atoms with van der Waals surface area (Å²) in [5.74, 6) is -4.22. The number of para-hydroxylation sites is 1. The first-order valence-electron chi connectivity index (χ1n) is 24.0. The van der Waals surface area contributed by atoms with Gasteiger partial charge < -0.3 is 45.0 Å². The van der Waals surface area contributed by atoms with E-state index in [-0.39, 0.29) is 50.2 Å². The molecular formula is C52H75N9O8. The maximum atomic E-state index is 14.7. The Hall–Kier alpha value is -6.52. The van der Waals surface area contributed by atoms with E-state index in [0.717, 1.165) is 22.0 Å². The molecule has 0 bridgehead atoms. The Morgan fingerprint density at radius 2 is 1.46 bits per heavy atom. The van der Waals surface area contributed by atoms with Gasteiger partial charge in [-0.15, -0.1) is 0 Å². The molecule has 2 aromatic carbocycles. The van der Waals surface area contributed by atoms with E-state index >= 15 is 0 Å². The lowest BCUT2D eigenvalue weighted by atomic mass is 9.96. The Kier molecular flexibility index (Phi) is 20.1. The second kappa shape index (κ2) is 25.2. The smallest absolute Gasteiger partial charge is 0.249 e. The topological polar surface area (TPSA) is 196 Å². The van der Waals surface area contributed by atoms with Gasteiger partial charge in [-0.3, -0.25) is 38.4 Å². The Morgan fingerprint density at radius 1 is 0.812 bits per heavy atom. The Balaban J connectivity index is 1.50. The maximum absolute atomic E-state index is 14.7. The highest BCUT2D eigenvalue weighted by molar-refractivity contribution is 5.97. The summed E-state index contributed by atoms with van der Waals surface area (Å²) in [5.41, 5.74) is 2.67. The third-order valence-corrected chi connectivity index (χ3v) is 13.1. The maximum Gasteiger partial charge on any atom is 0.249 e. The van der Waals surface area contributed by atoms with Crippen LogP contribution in [0.25, 0.3) is 17.0 Å². The van der Waals surface area contributed by atoms with Crippen LogP contribution in [0.1, 0.15) is 85.3 Å². The van der Waals surface area contributed by atoms with Gasteiger partial charge in [0.2, 0.25) is 47.3 Å². The first-order chi connectivity index (χ1) is 32.6. The molecule has 2 heterocycles. The van der Waals surface area contributed by atoms with Gasteiger partial charge >= 0.3 is 0 Å². The fraction of sp³-hybridized carbons (Fsp3) is 0.538. The highest BCUT2D eigenvalue weighted by Gasteiger charge is 2.44. The van der Waals surface area contributed by atoms with E-state index in [9.17, 15) is 38.4 Å². The lowest BCUT2D eigenvalue weighted by Crippen LogP contribution is -2.60. The molecule has 3 N–H and O–H groups in total. The van der Waals surface area contributed by atoms with Crippen LogP contribution in [-0.2, 0) is 44.8 Å². The number of carbonyl (C=O) groups is 8. The third-order valence-electron chi connectivity index (χ3n) is 13.1. The number of carbonyl (C=O) groups excluding carboxylic acids is 8. The summed E-state index contributed by atoms with van der Waals surface area (Å²) in [6.07, 6.45) is 7.29. The van der Waals surface area contributed by atoms with Crippen molar-refractivity contribution in [2.75, 3.05) is 54.9 Å². The van der Waals surface area contributed by atoms with Crippen LogP contribution < -0.4 is 10.6 Å². The first-order valence-corrected chi connectivity index (χ1v) is 24.0. The first kappa shape index (κ1) is 55.1. The van der Waals surface area contributed by atoms with Gasteiger partial charge in [-0.1, -0.05) is 96.5 Å². The van der Waals surface area contributed by atoms with Crippen molar-refractivity contribution in [3.8, 4) is 0 Å². The standard InChI is InChI=1S/C52H75N9O8/c1-13-35(6)47(52(69)56(8)27-25-38-30-54-40-23-18-17-22-39(38)40)59(11)45(64)32-57(9)51(68)46(34(4)5)60(12)50(67)43(28-33(2)3)58(10)49(66)42-24-19-26-61(42)48(65)41(29-37-20-15-14-16-21-37)55-44(63)31-53-36(7)62/h14-18,20-23,25,27,30,33-35,41-43,46-47,54H,13,19,24,26,28-29,31-32H2,1-12H3,(H,53,62)(H,55,63)/b27-25-/t35?,41-,42?,43-,46?,47?/m0/s1. The summed E-state index contributed by atoms with van der Waals surface area (Å²) >= 11 is 0. The molecule has 17 nitrogen and oxygen atoms in total. The van der Waals surface area contributed by atoms with E-state index in [4.69, 9.17) is 0 Å². The van der Waals surface area contributed by atoms with E-state index < -0.39 is 77.5 Å². The van der Waals surface area contributed by atoms with Gasteiger partial charge in [0.25, 0.3) is 0 Å². The van der Waals surface area contributed by atoms with E-state index in [1.807, 2.05) is 94.6 Å². The minimum Gasteiger partial charge on any atom is -0.361 e. The van der Waals surface area contributed by atoms with Crippen LogP contribution in [0.4, 0.5) is 0 Å². The second-order valence-corrected chi connectivity index (χ2v) is 19.2. The lowest BCUT2D eigenvalue weighted by Gasteiger charge is -2.39. The van der Waals surface area contributed by atoms with Crippen LogP contribution >= 0.6 is 0 Å². The predicted molar refractivity (Wildman–Crippen MR) is 267 cm³/mol. The van der Waals surface area contributed by atoms with Crippen LogP contribution in [0, 0.1) is 17.8 Å². The SMILES string of the molecule is CCC(C)C(C(=O)N(C)/C=C\c1c[nH]c2ccccc12)N(C)C(=O)CN(C)C(=O)C(C(C)C)N(C)C(=O)[C@H](CC(C)C)N(C)C(=O)C1CCCN1C(=O)[C@H](Cc1ccccc1)NC(=O)CNC(C)=O. The monoisotopic (exact) mass is 954 g/mol. The van der Waals surface area contributed by atoms with Crippen LogP contribution in [0.15, 0.2) is 67.0 Å². The second-order valence-electron chi connectivity index (χ2n) is 19.2. The molecule has 8 amide bonds. The highest BCUT2D eigenvalue weighted by atomic mass is 16.2. The number of aromatic amines is 1. The van der Waals surface area contributed by atoms with Gasteiger partial charge in [0.1, 0.15) is 30.2 Å². The van der Waals surface area contributed by atoms with E-state index in [1.54, 1.807) is 34.1 Å². The molecule has 1 saturated heterocycles. The lowest BCUT2D eigenvalue weighted by molar-refractivity contribution is -0.155. The molecule has 0 spiro atoms. The number of likely N-dealkylation sites (N-methyl/N-ethyl adjacent to an activating group) is 5. The molecule has 1 aliphatic rings. The number of hydrogen-bond donors (Lipinski definition) is 3. The predicted octanol–water partition coefficient (Wildman–Crippen LogP) is 4.14. The molecule has 4 rings (SSSR count). The quantitative estimate of drug-likeness (QED) is 0.134. The Bertz CT molecular complexity index is 2310. The van der Waals surface area contributed by atoms with E-state index in [1.165, 1.54) is 57.5 Å². The van der Waals surface area contributed by atoms with Crippen molar-refractivity contribution in [2.24, 2.45) is 17.8 Å². The summed E-state index contributed by atoms with van der Waals surface area (Å²) in [5, 5.41) is 6.22. The fourth-order valence-corrected chi connectivity index (χ4v) is 9.01. The molecule has 6 atom stereocenters. The van der Waals surface area contributed by atoms with Gasteiger partial charge in [0.05, 0.1) is 13.1 Å². The molecule has 17 heteroatoms. The highest BCUT2D eigenvalue weighted by Crippen LogP contribution is 2.26. The molecule has 0 radical (unpaired) electrons. The number of amides is 8. The van der Waals surface area contributed by atoms with Gasteiger partial charge in [-0.05, 0) is 54.7 Å². The molecule has 1 aliphatic heterocycles. The van der Waals surface area contributed by atoms with Crippen molar-refractivity contribution < 1.29 is 38.4 Å². The molecule has 3 aromatic rings. The number of benzene rings is 2. The number of nitrogens with one attached hydrogen (secondary N) is 3. The summed E-state index contributed by atoms with van der Waals surface area (Å²) in [6.45, 7) is 12.2. The molecule has 1 fully saturated rings. The zero-order valence-electron chi connectivity index (χ0n) is 42.7. The zero-order chi connectivity index (χ0) is 51.3. The van der Waals surface area contributed by atoms with Crippen LogP contribution in [-0.4, -0.2) is 167 Å². The minimum atomic E-state index is -1.03. The summed E-state index contributed by atoms with van der Waals surface area (Å²) in [6, 6.07) is 12.2. The summed E-state index contributed by atoms with van der Waals surface area (Å²) < 4.78 is 0. The van der Waals surface area contributed by atoms with Crippen molar-refractivity contribution in [3.63, 3.8) is 0 Å². The molecule has 0 aliphatic carbocycles. The van der Waals surface area contributed by atoms with E-state index in [2.05, 4.69) is 15.6 Å². The average molecular weight is 954 g/mol. The summed E-state index contributed by atoms with van der Waals surface area (Å²) in [4.78, 5) is 122. The number of nitrogens with zero attached hydrogens (tertiary/aromatic N) is 6. The molecular weight excluding hydrogens is 879 g/mol. The molecule has 4 unspecified atom stereocenters. The van der Waals surface area contributed by atoms with E-state index in [0.29, 0.717) is 19.3 Å². The Morgan fingerprint density at radius 3 is 2.09 bits per heavy atom.